The van der Waals surface area contributed by atoms with Gasteiger partial charge in [-0.05, 0) is 104 Å². The van der Waals surface area contributed by atoms with Crippen molar-refractivity contribution in [3.8, 4) is 0 Å². The summed E-state index contributed by atoms with van der Waals surface area (Å²) in [6.07, 6.45) is 22.8. The molecular weight excluding hydrogens is 384 g/mol. The zero-order chi connectivity index (χ0) is 22.2. The van der Waals surface area contributed by atoms with Gasteiger partial charge in [0.15, 0.2) is 0 Å². The fourth-order valence-electron chi connectivity index (χ4n) is 5.83. The van der Waals surface area contributed by atoms with Crippen molar-refractivity contribution in [2.75, 3.05) is 0 Å². The second-order valence-electron chi connectivity index (χ2n) is 10.2. The molecule has 0 N–H and O–H groups in total. The van der Waals surface area contributed by atoms with Crippen LogP contribution in [0.2, 0.25) is 0 Å². The number of benzene rings is 2. The van der Waals surface area contributed by atoms with E-state index in [0.717, 1.165) is 23.7 Å². The molecule has 2 saturated carbocycles. The minimum absolute atomic E-state index is 0.749. The molecule has 0 heteroatoms. The molecule has 2 aromatic carbocycles. The van der Waals surface area contributed by atoms with Crippen LogP contribution in [-0.2, 0) is 0 Å². The molecule has 2 aliphatic rings. The minimum Gasteiger partial charge on any atom is -0.0885 e. The lowest BCUT2D eigenvalue weighted by molar-refractivity contribution is 0.319. The van der Waals surface area contributed by atoms with E-state index in [-0.39, 0.29) is 0 Å². The fraction of sp³-hybridized carbons (Fsp3) is 0.500. The van der Waals surface area contributed by atoms with E-state index in [2.05, 4.69) is 86.7 Å². The van der Waals surface area contributed by atoms with Gasteiger partial charge in [0.1, 0.15) is 0 Å². The second kappa shape index (κ2) is 11.7. The molecule has 2 aliphatic carbocycles. The van der Waals surface area contributed by atoms with E-state index in [4.69, 9.17) is 0 Å². The van der Waals surface area contributed by atoms with E-state index >= 15 is 0 Å². The van der Waals surface area contributed by atoms with Crippen molar-refractivity contribution in [1.29, 1.82) is 0 Å². The van der Waals surface area contributed by atoms with Crippen LogP contribution in [-0.4, -0.2) is 0 Å². The van der Waals surface area contributed by atoms with Crippen molar-refractivity contribution >= 4 is 12.2 Å². The molecule has 0 amide bonds. The Morgan fingerprint density at radius 3 is 1.53 bits per heavy atom. The monoisotopic (exact) mass is 426 g/mol. The van der Waals surface area contributed by atoms with E-state index in [1.165, 1.54) is 80.9 Å². The summed E-state index contributed by atoms with van der Waals surface area (Å²) in [5, 5.41) is 0. The smallest absolute Gasteiger partial charge is 0.0162 e. The summed E-state index contributed by atoms with van der Waals surface area (Å²) in [6, 6.07) is 18.7. The Labute approximate surface area is 196 Å². The molecule has 0 atom stereocenters. The first-order chi connectivity index (χ1) is 15.7. The Hall–Kier alpha value is -2.08. The summed E-state index contributed by atoms with van der Waals surface area (Å²) in [4.78, 5) is 0. The molecule has 0 heterocycles. The topological polar surface area (TPSA) is 0 Å². The standard InChI is InChI=1S/C32H42/c1-3-5-6-26-11-19-30(20-12-26)32-23-15-28(16-24-32)8-7-27-13-21-31(22-14-27)29-17-9-25(4-2)10-18-29/h5-8,13-16,21-26,29-30H,3-4,9-12,17-20H2,1-2H3/b6-5+,8-7+. The van der Waals surface area contributed by atoms with Crippen LogP contribution in [0.25, 0.3) is 12.2 Å². The third-order valence-electron chi connectivity index (χ3n) is 8.12. The van der Waals surface area contributed by atoms with Crippen LogP contribution in [0.15, 0.2) is 60.7 Å². The summed E-state index contributed by atoms with van der Waals surface area (Å²) in [5.41, 5.74) is 5.68. The molecule has 0 aromatic heterocycles. The van der Waals surface area contributed by atoms with Crippen LogP contribution in [0.5, 0.6) is 0 Å². The molecule has 0 nitrogen and oxygen atoms in total. The highest BCUT2D eigenvalue weighted by molar-refractivity contribution is 5.69. The maximum atomic E-state index is 2.45. The Kier molecular flexibility index (Phi) is 8.43. The lowest BCUT2D eigenvalue weighted by Crippen LogP contribution is -2.12. The largest absolute Gasteiger partial charge is 0.0885 e. The summed E-state index contributed by atoms with van der Waals surface area (Å²) >= 11 is 0. The van der Waals surface area contributed by atoms with Crippen LogP contribution >= 0.6 is 0 Å². The molecule has 2 aromatic rings. The highest BCUT2D eigenvalue weighted by Gasteiger charge is 2.21. The van der Waals surface area contributed by atoms with Crippen molar-refractivity contribution < 1.29 is 0 Å². The van der Waals surface area contributed by atoms with Gasteiger partial charge in [-0.15, -0.1) is 0 Å². The number of hydrogen-bond acceptors (Lipinski definition) is 0. The lowest BCUT2D eigenvalue weighted by atomic mass is 9.78. The molecule has 0 spiro atoms. The van der Waals surface area contributed by atoms with Crippen molar-refractivity contribution in [2.24, 2.45) is 11.8 Å². The van der Waals surface area contributed by atoms with E-state index < -0.39 is 0 Å². The van der Waals surface area contributed by atoms with E-state index in [9.17, 15) is 0 Å². The molecular formula is C32H42. The van der Waals surface area contributed by atoms with E-state index in [1.54, 1.807) is 5.56 Å². The van der Waals surface area contributed by atoms with Crippen molar-refractivity contribution in [1.82, 2.24) is 0 Å². The quantitative estimate of drug-likeness (QED) is 0.305. The molecule has 4 rings (SSSR count). The van der Waals surface area contributed by atoms with Crippen LogP contribution < -0.4 is 0 Å². The second-order valence-corrected chi connectivity index (χ2v) is 10.2. The fourth-order valence-corrected chi connectivity index (χ4v) is 5.83. The van der Waals surface area contributed by atoms with Gasteiger partial charge < -0.3 is 0 Å². The molecule has 0 bridgehead atoms. The van der Waals surface area contributed by atoms with Crippen molar-refractivity contribution in [3.63, 3.8) is 0 Å². The van der Waals surface area contributed by atoms with Gasteiger partial charge in [0.2, 0.25) is 0 Å². The Morgan fingerprint density at radius 1 is 0.625 bits per heavy atom. The molecule has 0 saturated heterocycles. The molecule has 0 aliphatic heterocycles. The number of rotatable bonds is 7. The van der Waals surface area contributed by atoms with Crippen LogP contribution in [0.4, 0.5) is 0 Å². The Morgan fingerprint density at radius 2 is 1.09 bits per heavy atom. The predicted octanol–water partition coefficient (Wildman–Crippen LogP) is 9.78. The highest BCUT2D eigenvalue weighted by atomic mass is 14.3. The SMILES string of the molecule is CC/C=C/C1CCC(c2ccc(/C=C/c3ccc(C4CCC(CC)CC4)cc3)cc2)CC1. The maximum absolute atomic E-state index is 2.45. The van der Waals surface area contributed by atoms with Gasteiger partial charge in [0.05, 0.1) is 0 Å². The first-order valence-corrected chi connectivity index (χ1v) is 13.3. The average Bonchev–Trinajstić information content (AvgIpc) is 2.87. The summed E-state index contributed by atoms with van der Waals surface area (Å²) in [5.74, 6) is 3.31. The molecule has 170 valence electrons. The third kappa shape index (κ3) is 6.25. The Balaban J connectivity index is 1.29. The van der Waals surface area contributed by atoms with Crippen LogP contribution in [0.3, 0.4) is 0 Å². The summed E-state index contributed by atoms with van der Waals surface area (Å²) in [6.45, 7) is 4.57. The third-order valence-corrected chi connectivity index (χ3v) is 8.12. The van der Waals surface area contributed by atoms with Gasteiger partial charge in [0, 0.05) is 0 Å². The van der Waals surface area contributed by atoms with Gasteiger partial charge in [-0.1, -0.05) is 93.1 Å². The van der Waals surface area contributed by atoms with Crippen molar-refractivity contribution in [3.05, 3.63) is 82.9 Å². The zero-order valence-electron chi connectivity index (χ0n) is 20.3. The molecule has 2 fully saturated rings. The first-order valence-electron chi connectivity index (χ1n) is 13.3. The molecule has 0 unspecified atom stereocenters. The van der Waals surface area contributed by atoms with E-state index in [1.807, 2.05) is 0 Å². The normalized spacial score (nSPS) is 26.7. The van der Waals surface area contributed by atoms with Crippen LogP contribution in [0.1, 0.15) is 112 Å². The lowest BCUT2D eigenvalue weighted by Gasteiger charge is -2.28. The summed E-state index contributed by atoms with van der Waals surface area (Å²) in [7, 11) is 0. The number of allylic oxidation sites excluding steroid dienone is 2. The summed E-state index contributed by atoms with van der Waals surface area (Å²) < 4.78 is 0. The first kappa shape index (κ1) is 23.1. The van der Waals surface area contributed by atoms with Gasteiger partial charge in [-0.2, -0.15) is 0 Å². The van der Waals surface area contributed by atoms with Crippen molar-refractivity contribution in [2.45, 2.75) is 89.9 Å². The molecule has 0 radical (unpaired) electrons. The molecule has 32 heavy (non-hydrogen) atoms. The zero-order valence-corrected chi connectivity index (χ0v) is 20.3. The van der Waals surface area contributed by atoms with Gasteiger partial charge in [-0.25, -0.2) is 0 Å². The highest BCUT2D eigenvalue weighted by Crippen LogP contribution is 2.38. The maximum Gasteiger partial charge on any atom is -0.0162 e. The van der Waals surface area contributed by atoms with Gasteiger partial charge >= 0.3 is 0 Å². The number of hydrogen-bond donors (Lipinski definition) is 0. The average molecular weight is 427 g/mol. The van der Waals surface area contributed by atoms with Crippen LogP contribution in [0, 0.1) is 11.8 Å². The van der Waals surface area contributed by atoms with Gasteiger partial charge in [0.25, 0.3) is 0 Å². The van der Waals surface area contributed by atoms with Gasteiger partial charge in [-0.3, -0.25) is 0 Å². The van der Waals surface area contributed by atoms with E-state index in [0.29, 0.717) is 0 Å². The Bertz CT molecular complexity index is 851. The minimum atomic E-state index is 0.749. The predicted molar refractivity (Wildman–Crippen MR) is 141 cm³/mol.